The molecule has 0 radical (unpaired) electrons. The highest BCUT2D eigenvalue weighted by Gasteiger charge is 2.09. The Labute approximate surface area is 130 Å². The Morgan fingerprint density at radius 3 is 2.33 bits per heavy atom. The molecule has 0 spiro atoms. The molecule has 112 valence electrons. The third-order valence-electron chi connectivity index (χ3n) is 2.76. The summed E-state index contributed by atoms with van der Waals surface area (Å²) < 4.78 is 5.67. The van der Waals surface area contributed by atoms with Crippen LogP contribution in [0.25, 0.3) is 0 Å². The van der Waals surface area contributed by atoms with Gasteiger partial charge in [-0.1, -0.05) is 0 Å². The first-order valence-electron chi connectivity index (χ1n) is 6.84. The fourth-order valence-electron chi connectivity index (χ4n) is 1.61. The molecule has 5 heteroatoms. The third-order valence-corrected chi connectivity index (χ3v) is 3.51. The molecule has 0 fully saturated rings. The van der Waals surface area contributed by atoms with Crippen molar-refractivity contribution in [3.63, 3.8) is 0 Å². The molecule has 2 aromatic rings. The fourth-order valence-corrected chi connectivity index (χ4v) is 2.02. The van der Waals surface area contributed by atoms with E-state index in [1.54, 1.807) is 24.2 Å². The zero-order valence-electron chi connectivity index (χ0n) is 12.9. The minimum absolute atomic E-state index is 0.0654. The molecular formula is C16H21N3OS. The first-order chi connectivity index (χ1) is 9.96. The van der Waals surface area contributed by atoms with Gasteiger partial charge in [0.1, 0.15) is 5.75 Å². The molecule has 0 saturated heterocycles. The van der Waals surface area contributed by atoms with Gasteiger partial charge in [0.05, 0.1) is 18.1 Å². The summed E-state index contributed by atoms with van der Waals surface area (Å²) in [5.74, 6) is 1.27. The van der Waals surface area contributed by atoms with Gasteiger partial charge in [0.25, 0.3) is 0 Å². The average Bonchev–Trinajstić information content (AvgIpc) is 2.46. The zero-order chi connectivity index (χ0) is 15.3. The number of thioether (sulfide) groups is 1. The van der Waals surface area contributed by atoms with E-state index >= 15 is 0 Å². The van der Waals surface area contributed by atoms with Crippen molar-refractivity contribution in [1.29, 1.82) is 0 Å². The Bertz CT molecular complexity index is 562. The van der Waals surface area contributed by atoms with E-state index in [1.807, 2.05) is 30.5 Å². The first-order valence-corrected chi connectivity index (χ1v) is 8.06. The van der Waals surface area contributed by atoms with E-state index in [9.17, 15) is 0 Å². The van der Waals surface area contributed by atoms with Crippen LogP contribution >= 0.6 is 11.8 Å². The number of nitrogens with one attached hydrogen (secondary N) is 1. The lowest BCUT2D eigenvalue weighted by atomic mass is 10.1. The maximum atomic E-state index is 5.67. The van der Waals surface area contributed by atoms with Crippen molar-refractivity contribution in [2.75, 3.05) is 6.26 Å². The first kappa shape index (κ1) is 15.8. The summed E-state index contributed by atoms with van der Waals surface area (Å²) in [6, 6.07) is 7.91. The summed E-state index contributed by atoms with van der Waals surface area (Å²) in [6.07, 6.45) is 5.44. The molecule has 4 nitrogen and oxygen atoms in total. The summed E-state index contributed by atoms with van der Waals surface area (Å²) in [7, 11) is 0. The highest BCUT2D eigenvalue weighted by molar-refractivity contribution is 7.98. The summed E-state index contributed by atoms with van der Waals surface area (Å²) >= 11 is 1.70. The SMILES string of the molecule is CSc1ccc(Oc2cnc(CNC(C)(C)C)cn2)cc1. The predicted octanol–water partition coefficient (Wildman–Crippen LogP) is 3.88. The van der Waals surface area contributed by atoms with E-state index in [4.69, 9.17) is 4.74 Å². The lowest BCUT2D eigenvalue weighted by Gasteiger charge is -2.19. The highest BCUT2D eigenvalue weighted by Crippen LogP contribution is 2.22. The number of hydrogen-bond donors (Lipinski definition) is 1. The van der Waals surface area contributed by atoms with Gasteiger partial charge < -0.3 is 10.1 Å². The predicted molar refractivity (Wildman–Crippen MR) is 86.9 cm³/mol. The minimum atomic E-state index is 0.0654. The topological polar surface area (TPSA) is 47.0 Å². The zero-order valence-corrected chi connectivity index (χ0v) is 13.7. The van der Waals surface area contributed by atoms with Crippen molar-refractivity contribution in [2.45, 2.75) is 37.8 Å². The van der Waals surface area contributed by atoms with E-state index < -0.39 is 0 Å². The number of rotatable bonds is 5. The maximum Gasteiger partial charge on any atom is 0.237 e. The number of nitrogens with zero attached hydrogens (tertiary/aromatic N) is 2. The normalized spacial score (nSPS) is 11.4. The van der Waals surface area contributed by atoms with Crippen molar-refractivity contribution in [3.05, 3.63) is 42.4 Å². The van der Waals surface area contributed by atoms with Gasteiger partial charge in [-0.15, -0.1) is 11.8 Å². The van der Waals surface area contributed by atoms with E-state index in [2.05, 4.69) is 36.1 Å². The van der Waals surface area contributed by atoms with E-state index in [0.717, 1.165) is 11.4 Å². The smallest absolute Gasteiger partial charge is 0.237 e. The van der Waals surface area contributed by atoms with Gasteiger partial charge in [0.15, 0.2) is 0 Å². The van der Waals surface area contributed by atoms with Crippen LogP contribution in [0.1, 0.15) is 26.5 Å². The minimum Gasteiger partial charge on any atom is -0.438 e. The largest absolute Gasteiger partial charge is 0.438 e. The molecule has 0 unspecified atom stereocenters. The lowest BCUT2D eigenvalue weighted by Crippen LogP contribution is -2.35. The van der Waals surface area contributed by atoms with Crippen LogP contribution in [0.5, 0.6) is 11.6 Å². The molecule has 0 atom stereocenters. The molecule has 1 N–H and O–H groups in total. The Morgan fingerprint density at radius 2 is 1.81 bits per heavy atom. The maximum absolute atomic E-state index is 5.67. The van der Waals surface area contributed by atoms with Gasteiger partial charge in [-0.25, -0.2) is 4.98 Å². The van der Waals surface area contributed by atoms with Crippen LogP contribution in [0.2, 0.25) is 0 Å². The Kier molecular flexibility index (Phi) is 5.20. The molecule has 0 saturated carbocycles. The van der Waals surface area contributed by atoms with Crippen molar-refractivity contribution in [2.24, 2.45) is 0 Å². The number of hydrogen-bond acceptors (Lipinski definition) is 5. The summed E-state index contributed by atoms with van der Waals surface area (Å²) in [4.78, 5) is 9.85. The van der Waals surface area contributed by atoms with Crippen LogP contribution in [-0.4, -0.2) is 21.8 Å². The van der Waals surface area contributed by atoms with Crippen molar-refractivity contribution < 1.29 is 4.74 Å². The molecule has 2 rings (SSSR count). The van der Waals surface area contributed by atoms with Gasteiger partial charge in [-0.3, -0.25) is 4.98 Å². The quantitative estimate of drug-likeness (QED) is 0.849. The molecule has 0 bridgehead atoms. The van der Waals surface area contributed by atoms with Crippen LogP contribution in [0.3, 0.4) is 0 Å². The molecule has 0 aliphatic heterocycles. The van der Waals surface area contributed by atoms with E-state index in [1.165, 1.54) is 4.90 Å². The standard InChI is InChI=1S/C16H21N3OS/c1-16(2,3)19-10-12-9-18-15(11-17-12)20-13-5-7-14(21-4)8-6-13/h5-9,11,19H,10H2,1-4H3. The van der Waals surface area contributed by atoms with Crippen molar-refractivity contribution in [3.8, 4) is 11.6 Å². The number of ether oxygens (including phenoxy) is 1. The molecule has 21 heavy (non-hydrogen) atoms. The van der Waals surface area contributed by atoms with Crippen LogP contribution in [0.4, 0.5) is 0 Å². The monoisotopic (exact) mass is 303 g/mol. The second kappa shape index (κ2) is 6.91. The molecular weight excluding hydrogens is 282 g/mol. The fraction of sp³-hybridized carbons (Fsp3) is 0.375. The average molecular weight is 303 g/mol. The lowest BCUT2D eigenvalue weighted by molar-refractivity contribution is 0.418. The Balaban J connectivity index is 1.95. The molecule has 1 heterocycles. The van der Waals surface area contributed by atoms with Crippen LogP contribution in [-0.2, 0) is 6.54 Å². The summed E-state index contributed by atoms with van der Waals surface area (Å²) in [5, 5.41) is 3.37. The van der Waals surface area contributed by atoms with Gasteiger partial charge in [0, 0.05) is 17.0 Å². The molecule has 0 amide bonds. The van der Waals surface area contributed by atoms with Gasteiger partial charge in [0.2, 0.25) is 5.88 Å². The molecule has 1 aromatic carbocycles. The number of aromatic nitrogens is 2. The van der Waals surface area contributed by atoms with Gasteiger partial charge in [-0.2, -0.15) is 0 Å². The van der Waals surface area contributed by atoms with E-state index in [-0.39, 0.29) is 5.54 Å². The van der Waals surface area contributed by atoms with Gasteiger partial charge in [-0.05, 0) is 51.3 Å². The van der Waals surface area contributed by atoms with Gasteiger partial charge >= 0.3 is 0 Å². The molecule has 0 aliphatic rings. The van der Waals surface area contributed by atoms with Crippen molar-refractivity contribution in [1.82, 2.24) is 15.3 Å². The Hall–Kier alpha value is -1.59. The highest BCUT2D eigenvalue weighted by atomic mass is 32.2. The van der Waals surface area contributed by atoms with Crippen LogP contribution < -0.4 is 10.1 Å². The second-order valence-electron chi connectivity index (χ2n) is 5.73. The third kappa shape index (κ3) is 5.36. The second-order valence-corrected chi connectivity index (χ2v) is 6.61. The Morgan fingerprint density at radius 1 is 1.10 bits per heavy atom. The molecule has 0 aliphatic carbocycles. The van der Waals surface area contributed by atoms with E-state index in [0.29, 0.717) is 12.4 Å². The summed E-state index contributed by atoms with van der Waals surface area (Å²) in [6.45, 7) is 7.06. The van der Waals surface area contributed by atoms with Crippen LogP contribution in [0.15, 0.2) is 41.6 Å². The van der Waals surface area contributed by atoms with Crippen molar-refractivity contribution >= 4 is 11.8 Å². The molecule has 1 aromatic heterocycles. The van der Waals surface area contributed by atoms with Crippen LogP contribution in [0, 0.1) is 0 Å². The summed E-state index contributed by atoms with van der Waals surface area (Å²) in [5.41, 5.74) is 0.964. The number of benzene rings is 1.